The molecule has 0 saturated heterocycles. The molecule has 3 nitrogen and oxygen atoms in total. The molecule has 0 heterocycles. The van der Waals surface area contributed by atoms with Gasteiger partial charge in [-0.25, -0.2) is 0 Å². The second kappa shape index (κ2) is 7.13. The van der Waals surface area contributed by atoms with Gasteiger partial charge in [0.2, 0.25) is 0 Å². The Morgan fingerprint density at radius 1 is 1.22 bits per heavy atom. The van der Waals surface area contributed by atoms with Gasteiger partial charge in [0.25, 0.3) is 5.91 Å². The van der Waals surface area contributed by atoms with Crippen molar-refractivity contribution in [3.05, 3.63) is 69.2 Å². The minimum atomic E-state index is -0.446. The molecule has 0 radical (unpaired) electrons. The number of halogens is 1. The van der Waals surface area contributed by atoms with Gasteiger partial charge in [0.05, 0.1) is 0 Å². The largest absolute Gasteiger partial charge is 0.321 e. The van der Waals surface area contributed by atoms with Crippen molar-refractivity contribution in [2.24, 2.45) is 0 Å². The average Bonchev–Trinajstić information content (AvgIpc) is 2.51. The molecular weight excluding hydrogens is 308 g/mol. The van der Waals surface area contributed by atoms with Gasteiger partial charge in [-0.15, -0.1) is 0 Å². The van der Waals surface area contributed by atoms with E-state index in [4.69, 9.17) is 11.6 Å². The summed E-state index contributed by atoms with van der Waals surface area (Å²) in [6.07, 6.45) is 1.60. The van der Waals surface area contributed by atoms with E-state index in [1.165, 1.54) is 0 Å². The van der Waals surface area contributed by atoms with Crippen LogP contribution in [-0.4, -0.2) is 5.91 Å². The van der Waals surface area contributed by atoms with Crippen molar-refractivity contribution in [1.82, 2.24) is 0 Å². The number of amides is 1. The summed E-state index contributed by atoms with van der Waals surface area (Å²) < 4.78 is 0. The Bertz CT molecular complexity index is 832. The van der Waals surface area contributed by atoms with Crippen molar-refractivity contribution in [2.75, 3.05) is 5.32 Å². The number of anilines is 1. The van der Waals surface area contributed by atoms with E-state index in [-0.39, 0.29) is 5.57 Å². The second-order valence-corrected chi connectivity index (χ2v) is 5.80. The Balaban J connectivity index is 2.30. The number of hydrogen-bond acceptors (Lipinski definition) is 2. The molecule has 1 N–H and O–H groups in total. The maximum absolute atomic E-state index is 12.3. The molecule has 0 aliphatic heterocycles. The van der Waals surface area contributed by atoms with Crippen LogP contribution in [0.1, 0.15) is 22.3 Å². The maximum Gasteiger partial charge on any atom is 0.266 e. The van der Waals surface area contributed by atoms with Crippen LogP contribution in [-0.2, 0) is 4.79 Å². The monoisotopic (exact) mass is 324 g/mol. The van der Waals surface area contributed by atoms with Crippen molar-refractivity contribution < 1.29 is 4.79 Å². The zero-order chi connectivity index (χ0) is 17.0. The quantitative estimate of drug-likeness (QED) is 0.650. The third-order valence-electron chi connectivity index (χ3n) is 3.61. The van der Waals surface area contributed by atoms with Crippen LogP contribution in [0.25, 0.3) is 6.08 Å². The third kappa shape index (κ3) is 4.00. The molecular formula is C19H17ClN2O. The van der Waals surface area contributed by atoms with E-state index in [9.17, 15) is 10.1 Å². The Labute approximate surface area is 141 Å². The van der Waals surface area contributed by atoms with Crippen LogP contribution in [0.15, 0.2) is 42.0 Å². The topological polar surface area (TPSA) is 52.9 Å². The predicted molar refractivity (Wildman–Crippen MR) is 94.3 cm³/mol. The van der Waals surface area contributed by atoms with Crippen LogP contribution < -0.4 is 5.32 Å². The van der Waals surface area contributed by atoms with E-state index in [2.05, 4.69) is 5.32 Å². The van der Waals surface area contributed by atoms with Gasteiger partial charge in [0.1, 0.15) is 11.6 Å². The molecule has 2 aromatic carbocycles. The highest BCUT2D eigenvalue weighted by Gasteiger charge is 2.12. The maximum atomic E-state index is 12.3. The lowest BCUT2D eigenvalue weighted by Crippen LogP contribution is -2.14. The van der Waals surface area contributed by atoms with E-state index in [0.717, 1.165) is 22.3 Å². The van der Waals surface area contributed by atoms with E-state index in [1.807, 2.05) is 45.0 Å². The van der Waals surface area contributed by atoms with E-state index in [1.54, 1.807) is 24.3 Å². The van der Waals surface area contributed by atoms with Crippen LogP contribution >= 0.6 is 11.6 Å². The smallest absolute Gasteiger partial charge is 0.266 e. The van der Waals surface area contributed by atoms with E-state index < -0.39 is 5.91 Å². The van der Waals surface area contributed by atoms with Gasteiger partial charge in [-0.1, -0.05) is 41.4 Å². The Morgan fingerprint density at radius 2 is 1.96 bits per heavy atom. The lowest BCUT2D eigenvalue weighted by molar-refractivity contribution is -0.112. The van der Waals surface area contributed by atoms with Crippen molar-refractivity contribution in [2.45, 2.75) is 20.8 Å². The first-order valence-electron chi connectivity index (χ1n) is 7.18. The van der Waals surface area contributed by atoms with Crippen LogP contribution in [0.2, 0.25) is 5.02 Å². The number of benzene rings is 2. The molecule has 0 bridgehead atoms. The molecule has 0 atom stereocenters. The summed E-state index contributed by atoms with van der Waals surface area (Å²) in [7, 11) is 0. The molecule has 2 aromatic rings. The van der Waals surface area contributed by atoms with Gasteiger partial charge >= 0.3 is 0 Å². The van der Waals surface area contributed by atoms with Crippen LogP contribution in [0.4, 0.5) is 5.69 Å². The van der Waals surface area contributed by atoms with Crippen molar-refractivity contribution in [1.29, 1.82) is 5.26 Å². The molecule has 0 aliphatic rings. The summed E-state index contributed by atoms with van der Waals surface area (Å²) in [5.74, 6) is -0.446. The Kier molecular flexibility index (Phi) is 5.20. The molecule has 116 valence electrons. The minimum absolute atomic E-state index is 0.0522. The van der Waals surface area contributed by atoms with Crippen LogP contribution in [0.3, 0.4) is 0 Å². The summed E-state index contributed by atoms with van der Waals surface area (Å²) in [4.78, 5) is 12.3. The Morgan fingerprint density at radius 3 is 2.61 bits per heavy atom. The molecule has 0 unspecified atom stereocenters. The normalized spacial score (nSPS) is 11.0. The number of aryl methyl sites for hydroxylation is 2. The highest BCUT2D eigenvalue weighted by Crippen LogP contribution is 2.23. The molecule has 0 spiro atoms. The molecule has 0 fully saturated rings. The zero-order valence-corrected chi connectivity index (χ0v) is 14.0. The molecule has 0 aliphatic carbocycles. The average molecular weight is 325 g/mol. The fraction of sp³-hybridized carbons (Fsp3) is 0.158. The number of nitriles is 1. The molecule has 2 rings (SSSR count). The number of rotatable bonds is 3. The molecule has 23 heavy (non-hydrogen) atoms. The predicted octanol–water partition coefficient (Wildman–Crippen LogP) is 4.81. The van der Waals surface area contributed by atoms with Gasteiger partial charge in [-0.3, -0.25) is 4.79 Å². The van der Waals surface area contributed by atoms with Crippen molar-refractivity contribution in [3.8, 4) is 6.07 Å². The zero-order valence-electron chi connectivity index (χ0n) is 13.3. The standard InChI is InChI=1S/C19H17ClN2O/c1-12-7-8-15(13(2)9-12)10-16(11-21)19(23)22-18-6-4-5-17(20)14(18)3/h4-10H,1-3H3,(H,22,23)/b16-10+. The fourth-order valence-electron chi connectivity index (χ4n) is 2.22. The van der Waals surface area contributed by atoms with Gasteiger partial charge < -0.3 is 5.32 Å². The Hall–Kier alpha value is -2.57. The summed E-state index contributed by atoms with van der Waals surface area (Å²) >= 11 is 6.05. The van der Waals surface area contributed by atoms with Crippen molar-refractivity contribution >= 4 is 29.3 Å². The van der Waals surface area contributed by atoms with Gasteiger partial charge in [0, 0.05) is 10.7 Å². The molecule has 4 heteroatoms. The van der Waals surface area contributed by atoms with Gasteiger partial charge in [0.15, 0.2) is 0 Å². The van der Waals surface area contributed by atoms with Crippen LogP contribution in [0.5, 0.6) is 0 Å². The first kappa shape index (κ1) is 16.8. The third-order valence-corrected chi connectivity index (χ3v) is 4.02. The molecule has 0 aromatic heterocycles. The molecule has 1 amide bonds. The lowest BCUT2D eigenvalue weighted by Gasteiger charge is -2.09. The lowest BCUT2D eigenvalue weighted by atomic mass is 10.0. The van der Waals surface area contributed by atoms with E-state index >= 15 is 0 Å². The van der Waals surface area contributed by atoms with Crippen LogP contribution in [0, 0.1) is 32.1 Å². The second-order valence-electron chi connectivity index (χ2n) is 5.40. The summed E-state index contributed by atoms with van der Waals surface area (Å²) in [5, 5.41) is 12.6. The minimum Gasteiger partial charge on any atom is -0.321 e. The van der Waals surface area contributed by atoms with Crippen molar-refractivity contribution in [3.63, 3.8) is 0 Å². The number of carbonyl (C=O) groups excluding carboxylic acids is 1. The van der Waals surface area contributed by atoms with Gasteiger partial charge in [-0.2, -0.15) is 5.26 Å². The highest BCUT2D eigenvalue weighted by molar-refractivity contribution is 6.31. The first-order chi connectivity index (χ1) is 10.9. The first-order valence-corrected chi connectivity index (χ1v) is 7.55. The molecule has 0 saturated carbocycles. The van der Waals surface area contributed by atoms with E-state index in [0.29, 0.717) is 10.7 Å². The fourth-order valence-corrected chi connectivity index (χ4v) is 2.40. The number of nitrogens with zero attached hydrogens (tertiary/aromatic N) is 1. The van der Waals surface area contributed by atoms with Gasteiger partial charge in [-0.05, 0) is 55.7 Å². The number of carbonyl (C=O) groups is 1. The summed E-state index contributed by atoms with van der Waals surface area (Å²) in [5.41, 5.74) is 4.43. The number of nitrogens with one attached hydrogen (secondary N) is 1. The highest BCUT2D eigenvalue weighted by atomic mass is 35.5. The number of hydrogen-bond donors (Lipinski definition) is 1. The summed E-state index contributed by atoms with van der Waals surface area (Å²) in [6.45, 7) is 5.77. The summed E-state index contributed by atoms with van der Waals surface area (Å²) in [6, 6.07) is 13.1. The SMILES string of the molecule is Cc1ccc(/C=C(\C#N)C(=O)Nc2cccc(Cl)c2C)c(C)c1.